The number of anilines is 3. The van der Waals surface area contributed by atoms with Gasteiger partial charge in [-0.15, -0.1) is 0 Å². The second-order valence-corrected chi connectivity index (χ2v) is 12.3. The minimum absolute atomic E-state index is 0.265. The summed E-state index contributed by atoms with van der Waals surface area (Å²) < 4.78 is 15.5. The molecule has 0 atom stereocenters. The van der Waals surface area contributed by atoms with E-state index < -0.39 is 6.16 Å². The molecule has 0 aliphatic heterocycles. The Hall–Kier alpha value is -6.66. The van der Waals surface area contributed by atoms with Crippen molar-refractivity contribution in [1.82, 2.24) is 0 Å². The van der Waals surface area contributed by atoms with Gasteiger partial charge in [0.05, 0.1) is 7.11 Å². The van der Waals surface area contributed by atoms with Gasteiger partial charge >= 0.3 is 6.16 Å². The zero-order valence-electron chi connectivity index (χ0n) is 29.4. The van der Waals surface area contributed by atoms with E-state index in [1.807, 2.05) is 54.6 Å². The van der Waals surface area contributed by atoms with Crippen molar-refractivity contribution in [1.29, 1.82) is 0 Å². The van der Waals surface area contributed by atoms with Crippen LogP contribution in [0.1, 0.15) is 40.3 Å². The summed E-state index contributed by atoms with van der Waals surface area (Å²) in [6, 6.07) is 50.9. The number of rotatable bonds is 12. The Kier molecular flexibility index (Phi) is 11.4. The number of benzene rings is 6. The lowest BCUT2D eigenvalue weighted by molar-refractivity contribution is -0.120. The van der Waals surface area contributed by atoms with Crippen LogP contribution >= 0.6 is 0 Å². The summed E-state index contributed by atoms with van der Waals surface area (Å²) in [5, 5.41) is 0. The standard InChI is InChI=1S/C46H39NO5/c1-33-9-21-40(22-10-33)47(41-23-13-36(14-24-41)12-11-35-7-5-4-6-8-35)42-25-15-37(16-26-42)31-45(38-17-27-43(50-3)28-18-38)39-19-29-44(30-20-39)52-46(49)51-32-34(2)48/h4-31H,32H2,1-3H3. The van der Waals surface area contributed by atoms with Gasteiger partial charge in [-0.2, -0.15) is 0 Å². The number of aryl methyl sites for hydroxylation is 1. The number of carbonyl (C=O) groups excluding carboxylic acids is 2. The van der Waals surface area contributed by atoms with Crippen molar-refractivity contribution in [2.24, 2.45) is 0 Å². The quantitative estimate of drug-likeness (QED) is 0.0726. The van der Waals surface area contributed by atoms with Gasteiger partial charge in [0.15, 0.2) is 12.4 Å². The maximum absolute atomic E-state index is 12.0. The predicted octanol–water partition coefficient (Wildman–Crippen LogP) is 11.3. The molecule has 0 heterocycles. The number of hydrogen-bond donors (Lipinski definition) is 0. The van der Waals surface area contributed by atoms with Crippen molar-refractivity contribution in [2.75, 3.05) is 18.6 Å². The lowest BCUT2D eigenvalue weighted by Crippen LogP contribution is -2.15. The number of ketones is 1. The van der Waals surface area contributed by atoms with Gasteiger partial charge < -0.3 is 19.1 Å². The second kappa shape index (κ2) is 16.8. The molecule has 0 aromatic heterocycles. The first-order valence-corrected chi connectivity index (χ1v) is 17.0. The molecule has 52 heavy (non-hydrogen) atoms. The average molecular weight is 686 g/mol. The van der Waals surface area contributed by atoms with Crippen LogP contribution in [0.25, 0.3) is 23.8 Å². The summed E-state index contributed by atoms with van der Waals surface area (Å²) in [6.07, 6.45) is 5.45. The Balaban J connectivity index is 1.30. The van der Waals surface area contributed by atoms with Crippen LogP contribution in [-0.2, 0) is 9.53 Å². The summed E-state index contributed by atoms with van der Waals surface area (Å²) in [4.78, 5) is 25.4. The third kappa shape index (κ3) is 9.31. The fourth-order valence-electron chi connectivity index (χ4n) is 5.61. The molecule has 6 nitrogen and oxygen atoms in total. The Morgan fingerprint density at radius 2 is 1.06 bits per heavy atom. The molecule has 258 valence electrons. The Morgan fingerprint density at radius 3 is 1.58 bits per heavy atom. The summed E-state index contributed by atoms with van der Waals surface area (Å²) in [7, 11) is 1.64. The highest BCUT2D eigenvalue weighted by atomic mass is 16.7. The molecule has 0 spiro atoms. The molecule has 0 radical (unpaired) electrons. The molecular weight excluding hydrogens is 647 g/mol. The van der Waals surface area contributed by atoms with Gasteiger partial charge in [0.25, 0.3) is 0 Å². The number of methoxy groups -OCH3 is 1. The van der Waals surface area contributed by atoms with Gasteiger partial charge in [0, 0.05) is 17.1 Å². The number of carbonyl (C=O) groups is 2. The van der Waals surface area contributed by atoms with E-state index in [1.54, 1.807) is 19.2 Å². The minimum atomic E-state index is -0.926. The van der Waals surface area contributed by atoms with Crippen molar-refractivity contribution >= 4 is 52.8 Å². The van der Waals surface area contributed by atoms with E-state index in [1.165, 1.54) is 12.5 Å². The fourth-order valence-corrected chi connectivity index (χ4v) is 5.61. The molecule has 6 aromatic rings. The maximum Gasteiger partial charge on any atom is 0.514 e. The number of hydrogen-bond acceptors (Lipinski definition) is 6. The van der Waals surface area contributed by atoms with Crippen molar-refractivity contribution in [3.05, 3.63) is 185 Å². The third-order valence-electron chi connectivity index (χ3n) is 8.33. The van der Waals surface area contributed by atoms with Crippen molar-refractivity contribution < 1.29 is 23.8 Å². The van der Waals surface area contributed by atoms with E-state index in [2.05, 4.69) is 115 Å². The smallest absolute Gasteiger partial charge is 0.497 e. The number of nitrogens with zero attached hydrogens (tertiary/aromatic N) is 1. The molecule has 0 saturated carbocycles. The van der Waals surface area contributed by atoms with E-state index in [0.29, 0.717) is 5.75 Å². The Morgan fingerprint density at radius 1 is 0.577 bits per heavy atom. The van der Waals surface area contributed by atoms with Gasteiger partial charge in [-0.05, 0) is 114 Å². The minimum Gasteiger partial charge on any atom is -0.497 e. The number of ether oxygens (including phenoxy) is 3. The first-order valence-electron chi connectivity index (χ1n) is 17.0. The molecular formula is C46H39NO5. The normalized spacial score (nSPS) is 11.2. The van der Waals surface area contributed by atoms with E-state index in [9.17, 15) is 9.59 Å². The summed E-state index contributed by atoms with van der Waals surface area (Å²) >= 11 is 0. The van der Waals surface area contributed by atoms with E-state index in [0.717, 1.165) is 56.2 Å². The molecule has 0 fully saturated rings. The lowest BCUT2D eigenvalue weighted by atomic mass is 9.95. The monoisotopic (exact) mass is 685 g/mol. The van der Waals surface area contributed by atoms with Crippen LogP contribution in [0.3, 0.4) is 0 Å². The highest BCUT2D eigenvalue weighted by molar-refractivity contribution is 5.92. The molecule has 6 aromatic carbocycles. The zero-order chi connectivity index (χ0) is 36.3. The van der Waals surface area contributed by atoms with E-state index in [-0.39, 0.29) is 12.4 Å². The van der Waals surface area contributed by atoms with Gasteiger partial charge in [-0.25, -0.2) is 4.79 Å². The van der Waals surface area contributed by atoms with Crippen molar-refractivity contribution in [2.45, 2.75) is 13.8 Å². The van der Waals surface area contributed by atoms with Crippen LogP contribution in [-0.4, -0.2) is 25.7 Å². The molecule has 0 amide bonds. The maximum atomic E-state index is 12.0. The van der Waals surface area contributed by atoms with Crippen LogP contribution in [0.4, 0.5) is 21.9 Å². The fraction of sp³-hybridized carbons (Fsp3) is 0.0870. The molecule has 0 N–H and O–H groups in total. The SMILES string of the molecule is COc1ccc(C(=Cc2ccc(N(c3ccc(C)cc3)c3ccc(C=Cc4ccccc4)cc3)cc2)c2ccc(OC(=O)OCC(C)=O)cc2)cc1. The topological polar surface area (TPSA) is 65.1 Å². The molecule has 6 heteroatoms. The Bertz CT molecular complexity index is 2150. The van der Waals surface area contributed by atoms with Gasteiger partial charge in [0.1, 0.15) is 11.5 Å². The van der Waals surface area contributed by atoms with E-state index >= 15 is 0 Å². The lowest BCUT2D eigenvalue weighted by Gasteiger charge is -2.26. The zero-order valence-corrected chi connectivity index (χ0v) is 29.4. The van der Waals surface area contributed by atoms with Crippen LogP contribution in [0.5, 0.6) is 11.5 Å². The predicted molar refractivity (Wildman–Crippen MR) is 210 cm³/mol. The van der Waals surface area contributed by atoms with Crippen LogP contribution in [0.15, 0.2) is 152 Å². The second-order valence-electron chi connectivity index (χ2n) is 12.3. The average Bonchev–Trinajstić information content (AvgIpc) is 3.18. The van der Waals surface area contributed by atoms with Crippen LogP contribution in [0, 0.1) is 6.92 Å². The summed E-state index contributed by atoms with van der Waals surface area (Å²) in [5.41, 5.74) is 10.5. The molecule has 0 unspecified atom stereocenters. The molecule has 0 aliphatic carbocycles. The largest absolute Gasteiger partial charge is 0.514 e. The summed E-state index contributed by atoms with van der Waals surface area (Å²) in [5.74, 6) is 0.808. The summed E-state index contributed by atoms with van der Waals surface area (Å²) in [6.45, 7) is 3.10. The van der Waals surface area contributed by atoms with Gasteiger partial charge in [-0.3, -0.25) is 4.79 Å². The first kappa shape index (κ1) is 35.2. The van der Waals surface area contributed by atoms with Crippen molar-refractivity contribution in [3.63, 3.8) is 0 Å². The molecule has 0 aliphatic rings. The number of Topliss-reactive ketones (excluding diaryl/α,β-unsaturated/α-hetero) is 1. The highest BCUT2D eigenvalue weighted by Gasteiger charge is 2.14. The first-order chi connectivity index (χ1) is 25.3. The van der Waals surface area contributed by atoms with Crippen LogP contribution in [0.2, 0.25) is 0 Å². The van der Waals surface area contributed by atoms with Crippen molar-refractivity contribution in [3.8, 4) is 11.5 Å². The third-order valence-corrected chi connectivity index (χ3v) is 8.33. The molecule has 6 rings (SSSR count). The van der Waals surface area contributed by atoms with Gasteiger partial charge in [-0.1, -0.05) is 109 Å². The molecule has 0 saturated heterocycles. The Labute approximate surface area is 304 Å². The van der Waals surface area contributed by atoms with E-state index in [4.69, 9.17) is 14.2 Å². The highest BCUT2D eigenvalue weighted by Crippen LogP contribution is 2.36. The van der Waals surface area contributed by atoms with Crippen LogP contribution < -0.4 is 14.4 Å². The molecule has 0 bridgehead atoms. The van der Waals surface area contributed by atoms with Gasteiger partial charge in [0.2, 0.25) is 0 Å².